The van der Waals surface area contributed by atoms with Crippen LogP contribution in [0.15, 0.2) is 67.0 Å². The van der Waals surface area contributed by atoms with Crippen LogP contribution in [0.3, 0.4) is 0 Å². The molecule has 3 aromatic heterocycles. The van der Waals surface area contributed by atoms with Crippen molar-refractivity contribution in [2.24, 2.45) is 0 Å². The van der Waals surface area contributed by atoms with Crippen molar-refractivity contribution in [1.82, 2.24) is 25.0 Å². The Morgan fingerprint density at radius 2 is 1.82 bits per heavy atom. The number of rotatable bonds is 7. The van der Waals surface area contributed by atoms with E-state index < -0.39 is 11.8 Å². The molecule has 0 radical (unpaired) electrons. The first-order valence-corrected chi connectivity index (χ1v) is 12.1. The average Bonchev–Trinajstić information content (AvgIpc) is 3.52. The summed E-state index contributed by atoms with van der Waals surface area (Å²) in [4.78, 5) is 28.1. The molecule has 0 aliphatic carbocycles. The number of ether oxygens (including phenoxy) is 1. The number of halogens is 1. The Bertz CT molecular complexity index is 1680. The minimum absolute atomic E-state index is 0.0384. The van der Waals surface area contributed by atoms with Crippen molar-refractivity contribution in [1.29, 1.82) is 0 Å². The second kappa shape index (κ2) is 10.6. The van der Waals surface area contributed by atoms with Gasteiger partial charge in [-0.1, -0.05) is 13.8 Å². The van der Waals surface area contributed by atoms with Gasteiger partial charge in [0.15, 0.2) is 0 Å². The lowest BCUT2D eigenvalue weighted by Crippen LogP contribution is -2.22. The maximum atomic E-state index is 14.9. The van der Waals surface area contributed by atoms with Gasteiger partial charge in [-0.15, -0.1) is 0 Å². The van der Waals surface area contributed by atoms with E-state index in [0.717, 1.165) is 28.4 Å². The molecule has 3 heterocycles. The maximum Gasteiger partial charge on any atom is 0.324 e. The van der Waals surface area contributed by atoms with Gasteiger partial charge in [-0.3, -0.25) is 15.2 Å². The first kappa shape index (κ1) is 25.4. The average molecular weight is 529 g/mol. The number of anilines is 3. The Morgan fingerprint density at radius 3 is 2.59 bits per heavy atom. The third-order valence-electron chi connectivity index (χ3n) is 5.69. The SMILES string of the molecule is CC(=O)Nc1cc(Oc2ccc(NC(=O)Nc3cc(C(C)C)nn3-c3ccc4[nH]ncc4c3)c(F)c2)ccn1. The van der Waals surface area contributed by atoms with Gasteiger partial charge >= 0.3 is 6.03 Å². The molecule has 11 nitrogen and oxygen atoms in total. The summed E-state index contributed by atoms with van der Waals surface area (Å²) in [6, 6.07) is 13.9. The summed E-state index contributed by atoms with van der Waals surface area (Å²) in [5.74, 6) is 0.434. The lowest BCUT2D eigenvalue weighted by Gasteiger charge is -2.12. The molecule has 0 saturated carbocycles. The molecule has 0 aliphatic heterocycles. The molecular formula is C27H25FN8O3. The van der Waals surface area contributed by atoms with Crippen molar-refractivity contribution in [2.75, 3.05) is 16.0 Å². The van der Waals surface area contributed by atoms with Crippen LogP contribution in [0.25, 0.3) is 16.6 Å². The quantitative estimate of drug-likeness (QED) is 0.211. The van der Waals surface area contributed by atoms with Crippen LogP contribution in [-0.2, 0) is 4.79 Å². The van der Waals surface area contributed by atoms with Crippen LogP contribution in [0.4, 0.5) is 26.5 Å². The molecule has 39 heavy (non-hydrogen) atoms. The van der Waals surface area contributed by atoms with Crippen LogP contribution in [0.5, 0.6) is 11.5 Å². The number of H-pyrrole nitrogens is 1. The van der Waals surface area contributed by atoms with Crippen molar-refractivity contribution in [2.45, 2.75) is 26.7 Å². The molecule has 5 rings (SSSR count). The zero-order chi connectivity index (χ0) is 27.5. The number of fused-ring (bicyclic) bond motifs is 1. The fraction of sp³-hybridized carbons (Fsp3) is 0.148. The topological polar surface area (TPSA) is 139 Å². The predicted molar refractivity (Wildman–Crippen MR) is 145 cm³/mol. The van der Waals surface area contributed by atoms with Gasteiger partial charge in [0, 0.05) is 36.7 Å². The number of benzene rings is 2. The summed E-state index contributed by atoms with van der Waals surface area (Å²) in [5.41, 5.74) is 2.35. The molecule has 5 aromatic rings. The van der Waals surface area contributed by atoms with E-state index >= 15 is 0 Å². The maximum absolute atomic E-state index is 14.9. The van der Waals surface area contributed by atoms with Crippen molar-refractivity contribution in [3.63, 3.8) is 0 Å². The van der Waals surface area contributed by atoms with Gasteiger partial charge in [0.05, 0.1) is 28.8 Å². The number of hydrogen-bond acceptors (Lipinski definition) is 6. The van der Waals surface area contributed by atoms with E-state index in [4.69, 9.17) is 4.74 Å². The number of urea groups is 1. The fourth-order valence-electron chi connectivity index (χ4n) is 3.82. The highest BCUT2D eigenvalue weighted by Gasteiger charge is 2.16. The van der Waals surface area contributed by atoms with Crippen LogP contribution < -0.4 is 20.7 Å². The number of nitrogens with one attached hydrogen (secondary N) is 4. The Morgan fingerprint density at radius 1 is 1.00 bits per heavy atom. The largest absolute Gasteiger partial charge is 0.457 e. The first-order valence-electron chi connectivity index (χ1n) is 12.1. The van der Waals surface area contributed by atoms with Crippen LogP contribution in [0.2, 0.25) is 0 Å². The van der Waals surface area contributed by atoms with Crippen LogP contribution in [-0.4, -0.2) is 36.9 Å². The summed E-state index contributed by atoms with van der Waals surface area (Å²) >= 11 is 0. The Balaban J connectivity index is 1.31. The zero-order valence-corrected chi connectivity index (χ0v) is 21.3. The molecule has 0 atom stereocenters. The van der Waals surface area contributed by atoms with E-state index in [1.54, 1.807) is 23.0 Å². The molecule has 0 spiro atoms. The molecule has 0 bridgehead atoms. The van der Waals surface area contributed by atoms with Crippen LogP contribution in [0.1, 0.15) is 32.4 Å². The van der Waals surface area contributed by atoms with Crippen molar-refractivity contribution in [3.05, 3.63) is 78.5 Å². The van der Waals surface area contributed by atoms with Crippen molar-refractivity contribution >= 4 is 40.2 Å². The molecule has 198 valence electrons. The van der Waals surface area contributed by atoms with Gasteiger partial charge in [-0.25, -0.2) is 18.9 Å². The van der Waals surface area contributed by atoms with Crippen LogP contribution in [0, 0.1) is 5.82 Å². The molecule has 0 fully saturated rings. The van der Waals surface area contributed by atoms with Crippen molar-refractivity contribution < 1.29 is 18.7 Å². The van der Waals surface area contributed by atoms with E-state index in [0.29, 0.717) is 17.4 Å². The molecule has 0 unspecified atom stereocenters. The normalized spacial score (nSPS) is 11.0. The van der Waals surface area contributed by atoms with Gasteiger partial charge in [0.1, 0.15) is 29.0 Å². The third kappa shape index (κ3) is 5.85. The number of amides is 3. The molecular weight excluding hydrogens is 503 g/mol. The molecule has 3 amide bonds. The van der Waals surface area contributed by atoms with E-state index in [2.05, 4.69) is 36.2 Å². The highest BCUT2D eigenvalue weighted by Crippen LogP contribution is 2.28. The number of aromatic nitrogens is 5. The van der Waals surface area contributed by atoms with Crippen molar-refractivity contribution in [3.8, 4) is 17.2 Å². The van der Waals surface area contributed by atoms with Gasteiger partial charge in [0.25, 0.3) is 0 Å². The van der Waals surface area contributed by atoms with E-state index in [1.165, 1.54) is 31.3 Å². The minimum atomic E-state index is -0.694. The number of aromatic amines is 1. The monoisotopic (exact) mass is 528 g/mol. The summed E-state index contributed by atoms with van der Waals surface area (Å²) < 4.78 is 22.2. The summed E-state index contributed by atoms with van der Waals surface area (Å²) in [6.07, 6.45) is 3.16. The molecule has 2 aromatic carbocycles. The Hall–Kier alpha value is -5.26. The number of pyridine rings is 1. The fourth-order valence-corrected chi connectivity index (χ4v) is 3.82. The Kier molecular flexibility index (Phi) is 6.91. The lowest BCUT2D eigenvalue weighted by molar-refractivity contribution is -0.114. The molecule has 12 heteroatoms. The van der Waals surface area contributed by atoms with E-state index in [9.17, 15) is 14.0 Å². The lowest BCUT2D eigenvalue weighted by atomic mass is 10.1. The molecule has 0 aliphatic rings. The summed E-state index contributed by atoms with van der Waals surface area (Å²) in [6.45, 7) is 5.37. The van der Waals surface area contributed by atoms with Crippen LogP contribution >= 0.6 is 0 Å². The third-order valence-corrected chi connectivity index (χ3v) is 5.69. The summed E-state index contributed by atoms with van der Waals surface area (Å²) in [5, 5.41) is 20.3. The highest BCUT2D eigenvalue weighted by atomic mass is 19.1. The standard InChI is InChI=1S/C27H25FN8O3/c1-15(2)24-13-26(36(35-24)18-4-6-22-17(10-18)14-30-34-22)33-27(38)32-23-7-5-19(11-21(23)28)39-20-8-9-29-25(12-20)31-16(3)37/h4-15H,1-3H3,(H,30,34)(H,29,31,37)(H2,32,33,38). The second-order valence-corrected chi connectivity index (χ2v) is 9.04. The number of carbonyl (C=O) groups excluding carboxylic acids is 2. The molecule has 0 saturated heterocycles. The zero-order valence-electron chi connectivity index (χ0n) is 21.3. The van der Waals surface area contributed by atoms with Gasteiger partial charge in [0.2, 0.25) is 5.91 Å². The van der Waals surface area contributed by atoms with Gasteiger partial charge in [-0.2, -0.15) is 10.2 Å². The summed E-state index contributed by atoms with van der Waals surface area (Å²) in [7, 11) is 0. The number of hydrogen-bond donors (Lipinski definition) is 4. The Labute approximate surface area is 222 Å². The van der Waals surface area contributed by atoms with E-state index in [1.807, 2.05) is 32.0 Å². The van der Waals surface area contributed by atoms with Gasteiger partial charge < -0.3 is 15.4 Å². The van der Waals surface area contributed by atoms with Gasteiger partial charge in [-0.05, 0) is 42.3 Å². The van der Waals surface area contributed by atoms with E-state index in [-0.39, 0.29) is 23.3 Å². The predicted octanol–water partition coefficient (Wildman–Crippen LogP) is 5.80. The minimum Gasteiger partial charge on any atom is -0.457 e. The molecule has 4 N–H and O–H groups in total. The smallest absolute Gasteiger partial charge is 0.324 e. The highest BCUT2D eigenvalue weighted by molar-refractivity contribution is 5.99. The first-order chi connectivity index (χ1) is 18.7. The number of carbonyl (C=O) groups is 2. The number of nitrogens with zero attached hydrogens (tertiary/aromatic N) is 4. The second-order valence-electron chi connectivity index (χ2n) is 9.04.